The fraction of sp³-hybridized carbons (Fsp3) is 0.200. The first-order chi connectivity index (χ1) is 29.6. The van der Waals surface area contributed by atoms with Crippen molar-refractivity contribution in [2.75, 3.05) is 30.0 Å². The summed E-state index contributed by atoms with van der Waals surface area (Å²) in [5.74, 6) is 1.91. The Bertz CT molecular complexity index is 2860. The van der Waals surface area contributed by atoms with Crippen LogP contribution in [-0.2, 0) is 15.6 Å². The molecule has 3 aliphatic rings. The van der Waals surface area contributed by atoms with Crippen molar-refractivity contribution in [1.82, 2.24) is 0 Å². The Morgan fingerprint density at radius 3 is 1.84 bits per heavy atom. The van der Waals surface area contributed by atoms with Gasteiger partial charge in [-0.05, 0) is 106 Å². The summed E-state index contributed by atoms with van der Waals surface area (Å²) in [5, 5.41) is 24.5. The Morgan fingerprint density at radius 2 is 1.25 bits per heavy atom. The van der Waals surface area contributed by atoms with E-state index in [0.29, 0.717) is 17.1 Å². The SMILES string of the molecule is COc1c(/C=C/C2=CC(=C(C#N)C#N)C=C(/C=C/c3ccc(N(c4cccc5ccccc45)c4cccc5ccccc45)cc3)O2)cc2c3c1C(C)(C)CCN3CCC2(C)C. The van der Waals surface area contributed by atoms with Gasteiger partial charge in [-0.25, -0.2) is 0 Å². The highest BCUT2D eigenvalue weighted by atomic mass is 16.5. The van der Waals surface area contributed by atoms with Crippen molar-refractivity contribution in [3.63, 3.8) is 0 Å². The fourth-order valence-electron chi connectivity index (χ4n) is 9.22. The molecule has 0 radical (unpaired) electrons. The zero-order valence-corrected chi connectivity index (χ0v) is 35.4. The second-order valence-corrected chi connectivity index (χ2v) is 17.4. The monoisotopic (exact) mass is 796 g/mol. The van der Waals surface area contributed by atoms with Crippen molar-refractivity contribution in [1.29, 1.82) is 10.5 Å². The lowest BCUT2D eigenvalue weighted by molar-refractivity contribution is 0.332. The van der Waals surface area contributed by atoms with Crippen molar-refractivity contribution in [2.45, 2.75) is 51.4 Å². The molecule has 0 saturated heterocycles. The third-order valence-corrected chi connectivity index (χ3v) is 12.6. The quantitative estimate of drug-likeness (QED) is 0.143. The Hall–Kier alpha value is -7.28. The molecule has 0 saturated carbocycles. The molecule has 61 heavy (non-hydrogen) atoms. The summed E-state index contributed by atoms with van der Waals surface area (Å²) >= 11 is 0. The molecule has 0 fully saturated rings. The van der Waals surface area contributed by atoms with Gasteiger partial charge in [0.15, 0.2) is 0 Å². The van der Waals surface area contributed by atoms with Crippen LogP contribution in [0.15, 0.2) is 162 Å². The average Bonchev–Trinajstić information content (AvgIpc) is 3.28. The second-order valence-electron chi connectivity index (χ2n) is 17.4. The van der Waals surface area contributed by atoms with Crippen LogP contribution in [0.4, 0.5) is 22.7 Å². The summed E-state index contributed by atoms with van der Waals surface area (Å²) in [7, 11) is 1.75. The van der Waals surface area contributed by atoms with Gasteiger partial charge in [0, 0.05) is 51.9 Å². The Kier molecular flexibility index (Phi) is 10.1. The van der Waals surface area contributed by atoms with E-state index in [0.717, 1.165) is 70.6 Å². The second kappa shape index (κ2) is 15.7. The van der Waals surface area contributed by atoms with E-state index in [4.69, 9.17) is 9.47 Å². The van der Waals surface area contributed by atoms with Crippen LogP contribution in [0.3, 0.4) is 0 Å². The van der Waals surface area contributed by atoms with E-state index >= 15 is 0 Å². The third kappa shape index (κ3) is 7.26. The number of nitriles is 2. The summed E-state index contributed by atoms with van der Waals surface area (Å²) in [6.45, 7) is 11.4. The van der Waals surface area contributed by atoms with Crippen LogP contribution in [0.2, 0.25) is 0 Å². The van der Waals surface area contributed by atoms with E-state index in [1.807, 2.05) is 24.3 Å². The van der Waals surface area contributed by atoms with Gasteiger partial charge in [0.2, 0.25) is 0 Å². The third-order valence-electron chi connectivity index (χ3n) is 12.6. The number of hydrogen-bond acceptors (Lipinski definition) is 6. The van der Waals surface area contributed by atoms with Gasteiger partial charge in [-0.1, -0.05) is 119 Å². The molecule has 0 spiro atoms. The number of nitrogens with zero attached hydrogens (tertiary/aromatic N) is 4. The fourth-order valence-corrected chi connectivity index (χ4v) is 9.22. The van der Waals surface area contributed by atoms with E-state index in [9.17, 15) is 10.5 Å². The molecule has 6 nitrogen and oxygen atoms in total. The maximum absolute atomic E-state index is 9.89. The van der Waals surface area contributed by atoms with E-state index in [-0.39, 0.29) is 16.4 Å². The standard InChI is InChI=1S/C55H48N4O2/c1-54(2)28-30-58-31-29-55(3,4)51-52(58)48(54)34-40(53(51)60-5)23-27-45-33-41(42(35-56)36-57)32-44(61-45)26-22-37-20-24-43(25-21-37)59(49-18-10-14-38-12-6-8-16-46(38)49)50-19-11-15-39-13-7-9-17-47(39)50/h6-27,32-34H,28-31H2,1-5H3/b26-22+,27-23+. The summed E-state index contributed by atoms with van der Waals surface area (Å²) in [4.78, 5) is 4.87. The smallest absolute Gasteiger partial charge is 0.137 e. The molecule has 0 amide bonds. The highest BCUT2D eigenvalue weighted by Crippen LogP contribution is 2.54. The predicted octanol–water partition coefficient (Wildman–Crippen LogP) is 13.5. The molecule has 6 heteroatoms. The van der Waals surface area contributed by atoms with Crippen molar-refractivity contribution < 1.29 is 9.47 Å². The zero-order valence-electron chi connectivity index (χ0n) is 35.4. The highest BCUT2D eigenvalue weighted by Gasteiger charge is 2.42. The molecule has 0 aliphatic carbocycles. The van der Waals surface area contributed by atoms with Crippen LogP contribution in [0.25, 0.3) is 33.7 Å². The van der Waals surface area contributed by atoms with Crippen LogP contribution in [0.5, 0.6) is 5.75 Å². The van der Waals surface area contributed by atoms with Gasteiger partial charge in [0.1, 0.15) is 35.0 Å². The predicted molar refractivity (Wildman–Crippen MR) is 250 cm³/mol. The lowest BCUT2D eigenvalue weighted by atomic mass is 9.68. The number of hydrogen-bond donors (Lipinski definition) is 0. The van der Waals surface area contributed by atoms with Crippen LogP contribution in [0, 0.1) is 22.7 Å². The van der Waals surface area contributed by atoms with E-state index in [2.05, 4.69) is 165 Å². The number of allylic oxidation sites excluding steroid dienone is 6. The number of benzene rings is 6. The lowest BCUT2D eigenvalue weighted by Gasteiger charge is -2.48. The number of anilines is 4. The minimum Gasteiger partial charge on any atom is -0.496 e. The van der Waals surface area contributed by atoms with Crippen LogP contribution in [-0.4, -0.2) is 20.2 Å². The number of rotatable bonds is 8. The lowest BCUT2D eigenvalue weighted by Crippen LogP contribution is -2.45. The van der Waals surface area contributed by atoms with Crippen LogP contribution < -0.4 is 14.5 Å². The van der Waals surface area contributed by atoms with Crippen LogP contribution >= 0.6 is 0 Å². The minimum atomic E-state index is -0.0583. The largest absolute Gasteiger partial charge is 0.496 e. The first-order valence-corrected chi connectivity index (χ1v) is 21.0. The summed E-state index contributed by atoms with van der Waals surface area (Å²) < 4.78 is 12.7. The van der Waals surface area contributed by atoms with Gasteiger partial charge in [0.25, 0.3) is 0 Å². The van der Waals surface area contributed by atoms with Gasteiger partial charge < -0.3 is 19.3 Å². The molecule has 6 aromatic rings. The summed E-state index contributed by atoms with van der Waals surface area (Å²) in [5.41, 5.74) is 9.55. The van der Waals surface area contributed by atoms with Crippen molar-refractivity contribution in [3.8, 4) is 17.9 Å². The molecule has 9 rings (SSSR count). The molecule has 0 aromatic heterocycles. The molecule has 6 aromatic carbocycles. The van der Waals surface area contributed by atoms with Crippen molar-refractivity contribution in [3.05, 3.63) is 184 Å². The van der Waals surface area contributed by atoms with Gasteiger partial charge in [-0.15, -0.1) is 0 Å². The van der Waals surface area contributed by atoms with Crippen LogP contribution in [0.1, 0.15) is 62.8 Å². The maximum Gasteiger partial charge on any atom is 0.137 e. The van der Waals surface area contributed by atoms with Crippen molar-refractivity contribution in [2.24, 2.45) is 0 Å². The highest BCUT2D eigenvalue weighted by molar-refractivity contribution is 6.04. The van der Waals surface area contributed by atoms with E-state index in [1.165, 1.54) is 27.6 Å². The van der Waals surface area contributed by atoms with Crippen molar-refractivity contribution >= 4 is 56.4 Å². The summed E-state index contributed by atoms with van der Waals surface area (Å²) in [6.07, 6.45) is 13.5. The zero-order chi connectivity index (χ0) is 42.3. The number of fused-ring (bicyclic) bond motifs is 2. The van der Waals surface area contributed by atoms with E-state index < -0.39 is 0 Å². The molecule has 0 unspecified atom stereocenters. The Labute approximate surface area is 358 Å². The first-order valence-electron chi connectivity index (χ1n) is 21.0. The molecule has 0 atom stereocenters. The van der Waals surface area contributed by atoms with E-state index in [1.54, 1.807) is 19.3 Å². The maximum atomic E-state index is 9.89. The number of methoxy groups -OCH3 is 1. The molecule has 3 heterocycles. The first kappa shape index (κ1) is 39.2. The molecular formula is C55H48N4O2. The van der Waals surface area contributed by atoms with Gasteiger partial charge in [-0.3, -0.25) is 0 Å². The Balaban J connectivity index is 1.05. The Morgan fingerprint density at radius 1 is 0.689 bits per heavy atom. The minimum absolute atomic E-state index is 0.0108. The normalized spacial score (nSPS) is 16.4. The number of ether oxygens (including phenoxy) is 2. The molecular weight excluding hydrogens is 749 g/mol. The molecule has 0 bridgehead atoms. The molecule has 3 aliphatic heterocycles. The van der Waals surface area contributed by atoms with Gasteiger partial charge in [0.05, 0.1) is 18.5 Å². The van der Waals surface area contributed by atoms with Gasteiger partial charge in [-0.2, -0.15) is 10.5 Å². The summed E-state index contributed by atoms with van der Waals surface area (Å²) in [6, 6.07) is 44.8. The van der Waals surface area contributed by atoms with Gasteiger partial charge >= 0.3 is 0 Å². The topological polar surface area (TPSA) is 72.5 Å². The molecule has 0 N–H and O–H groups in total. The molecule has 300 valence electrons. The average molecular weight is 797 g/mol.